The quantitative estimate of drug-likeness (QED) is 0.503. The molecule has 0 spiro atoms. The summed E-state index contributed by atoms with van der Waals surface area (Å²) in [7, 11) is 3.97. The molecule has 0 aromatic rings. The van der Waals surface area contributed by atoms with Crippen LogP contribution in [0.1, 0.15) is 6.92 Å². The molecular weight excluding hydrogens is 128 g/mol. The van der Waals surface area contributed by atoms with Gasteiger partial charge in [-0.1, -0.05) is 0 Å². The van der Waals surface area contributed by atoms with E-state index in [1.54, 1.807) is 4.90 Å². The lowest BCUT2D eigenvalue weighted by Gasteiger charge is -2.16. The van der Waals surface area contributed by atoms with Gasteiger partial charge in [0.25, 0.3) is 0 Å². The van der Waals surface area contributed by atoms with Crippen LogP contribution in [0.3, 0.4) is 0 Å². The summed E-state index contributed by atoms with van der Waals surface area (Å²) in [5.41, 5.74) is 0. The lowest BCUT2D eigenvalue weighted by Crippen LogP contribution is -2.30. The maximum absolute atomic E-state index is 10.1. The molecule has 10 heavy (non-hydrogen) atoms. The van der Waals surface area contributed by atoms with Crippen molar-refractivity contribution in [3.05, 3.63) is 0 Å². The highest BCUT2D eigenvalue weighted by Crippen LogP contribution is 1.82. The average Bonchev–Trinajstić information content (AvgIpc) is 1.90. The van der Waals surface area contributed by atoms with E-state index >= 15 is 0 Å². The molecule has 1 amide bonds. The van der Waals surface area contributed by atoms with E-state index in [4.69, 9.17) is 0 Å². The van der Waals surface area contributed by atoms with Gasteiger partial charge in [0, 0.05) is 19.6 Å². The molecule has 0 heterocycles. The van der Waals surface area contributed by atoms with Crippen molar-refractivity contribution < 1.29 is 4.79 Å². The zero-order valence-corrected chi connectivity index (χ0v) is 6.92. The number of nitrogens with zero attached hydrogens (tertiary/aromatic N) is 2. The predicted molar refractivity (Wildman–Crippen MR) is 41.5 cm³/mol. The second kappa shape index (κ2) is 5.23. The van der Waals surface area contributed by atoms with Gasteiger partial charge >= 0.3 is 6.41 Å². The van der Waals surface area contributed by atoms with E-state index in [2.05, 4.69) is 0 Å². The van der Waals surface area contributed by atoms with Crippen molar-refractivity contribution in [1.82, 2.24) is 9.80 Å². The van der Waals surface area contributed by atoms with Crippen LogP contribution in [-0.2, 0) is 4.79 Å². The Hall–Kier alpha value is -0.570. The van der Waals surface area contributed by atoms with Crippen LogP contribution in [0.15, 0.2) is 0 Å². The Bertz CT molecular complexity index is 93.6. The van der Waals surface area contributed by atoms with Crippen molar-refractivity contribution >= 4 is 6.41 Å². The normalized spacial score (nSPS) is 10.0. The number of rotatable bonds is 5. The van der Waals surface area contributed by atoms with E-state index in [0.717, 1.165) is 19.6 Å². The summed E-state index contributed by atoms with van der Waals surface area (Å²) in [6.07, 6.45) is 1.86. The fourth-order valence-corrected chi connectivity index (χ4v) is 0.589. The van der Waals surface area contributed by atoms with Crippen molar-refractivity contribution in [3.8, 4) is 0 Å². The van der Waals surface area contributed by atoms with Crippen LogP contribution in [0.5, 0.6) is 0 Å². The van der Waals surface area contributed by atoms with E-state index in [1.165, 1.54) is 0 Å². The molecule has 3 heteroatoms. The van der Waals surface area contributed by atoms with E-state index in [-0.39, 0.29) is 0 Å². The standard InChI is InChI=1S/C7H15N2O/c1-4-9(7-10)6-5-8(2)3/h4-6H2,1-3H3. The van der Waals surface area contributed by atoms with Gasteiger partial charge in [0.05, 0.1) is 0 Å². The molecule has 0 N–H and O–H groups in total. The molecule has 0 aliphatic rings. The van der Waals surface area contributed by atoms with Crippen molar-refractivity contribution in [3.63, 3.8) is 0 Å². The van der Waals surface area contributed by atoms with Gasteiger partial charge < -0.3 is 9.80 Å². The van der Waals surface area contributed by atoms with E-state index in [9.17, 15) is 4.79 Å². The summed E-state index contributed by atoms with van der Waals surface area (Å²) in [6, 6.07) is 0. The van der Waals surface area contributed by atoms with Gasteiger partial charge in [-0.2, -0.15) is 0 Å². The van der Waals surface area contributed by atoms with Gasteiger partial charge in [0.1, 0.15) is 0 Å². The van der Waals surface area contributed by atoms with Crippen LogP contribution in [0.2, 0.25) is 0 Å². The first-order valence-electron chi connectivity index (χ1n) is 3.48. The topological polar surface area (TPSA) is 23.6 Å². The van der Waals surface area contributed by atoms with E-state index < -0.39 is 0 Å². The van der Waals surface area contributed by atoms with Crippen LogP contribution in [-0.4, -0.2) is 49.9 Å². The molecule has 0 aliphatic heterocycles. The zero-order valence-electron chi connectivity index (χ0n) is 6.92. The average molecular weight is 143 g/mol. The second-order valence-electron chi connectivity index (χ2n) is 2.47. The summed E-state index contributed by atoms with van der Waals surface area (Å²) < 4.78 is 0. The zero-order chi connectivity index (χ0) is 7.98. The van der Waals surface area contributed by atoms with Crippen LogP contribution in [0, 0.1) is 0 Å². The van der Waals surface area contributed by atoms with Gasteiger partial charge in [-0.15, -0.1) is 0 Å². The highest BCUT2D eigenvalue weighted by molar-refractivity contribution is 5.47. The lowest BCUT2D eigenvalue weighted by atomic mass is 10.5. The molecule has 0 aromatic carbocycles. The summed E-state index contributed by atoms with van der Waals surface area (Å²) in [5, 5.41) is 0. The molecule has 3 nitrogen and oxygen atoms in total. The molecule has 0 saturated heterocycles. The fraction of sp³-hybridized carbons (Fsp3) is 0.857. The fourth-order valence-electron chi connectivity index (χ4n) is 0.589. The van der Waals surface area contributed by atoms with Gasteiger partial charge in [-0.3, -0.25) is 4.79 Å². The molecule has 59 valence electrons. The van der Waals surface area contributed by atoms with Crippen LogP contribution < -0.4 is 0 Å². The minimum atomic E-state index is 0.747. The maximum atomic E-state index is 10.1. The highest BCUT2D eigenvalue weighted by Gasteiger charge is 1.98. The Morgan fingerprint density at radius 1 is 1.30 bits per heavy atom. The van der Waals surface area contributed by atoms with Crippen LogP contribution >= 0.6 is 0 Å². The van der Waals surface area contributed by atoms with E-state index in [1.807, 2.05) is 32.3 Å². The number of hydrogen-bond acceptors (Lipinski definition) is 2. The third-order valence-electron chi connectivity index (χ3n) is 1.33. The summed E-state index contributed by atoms with van der Waals surface area (Å²) in [4.78, 5) is 13.8. The van der Waals surface area contributed by atoms with Crippen molar-refractivity contribution in [2.45, 2.75) is 6.92 Å². The van der Waals surface area contributed by atoms with Crippen LogP contribution in [0.4, 0.5) is 0 Å². The highest BCUT2D eigenvalue weighted by atomic mass is 16.1. The molecule has 0 atom stereocenters. The Balaban J connectivity index is 3.34. The number of amides is 1. The predicted octanol–water partition coefficient (Wildman–Crippen LogP) is -0.0629. The Morgan fingerprint density at radius 3 is 2.20 bits per heavy atom. The molecule has 0 aliphatic carbocycles. The lowest BCUT2D eigenvalue weighted by molar-refractivity contribution is 0.324. The largest absolute Gasteiger partial charge is 0.333 e. The van der Waals surface area contributed by atoms with Gasteiger partial charge in [0.15, 0.2) is 0 Å². The van der Waals surface area contributed by atoms with E-state index in [0.29, 0.717) is 0 Å². The SMILES string of the molecule is CCN([C]=O)CCN(C)C. The molecule has 0 bridgehead atoms. The second-order valence-corrected chi connectivity index (χ2v) is 2.47. The van der Waals surface area contributed by atoms with Gasteiger partial charge in [0.2, 0.25) is 0 Å². The number of carbonyl (C=O) groups excluding carboxylic acids is 1. The summed E-state index contributed by atoms with van der Waals surface area (Å²) in [6.45, 7) is 4.37. The molecule has 1 radical (unpaired) electrons. The molecule has 0 saturated carbocycles. The van der Waals surface area contributed by atoms with Crippen LogP contribution in [0.25, 0.3) is 0 Å². The van der Waals surface area contributed by atoms with Crippen molar-refractivity contribution in [2.24, 2.45) is 0 Å². The number of hydrogen-bond donors (Lipinski definition) is 0. The van der Waals surface area contributed by atoms with Crippen molar-refractivity contribution in [2.75, 3.05) is 33.7 Å². The monoisotopic (exact) mass is 143 g/mol. The Morgan fingerprint density at radius 2 is 1.90 bits per heavy atom. The smallest absolute Gasteiger partial charge is 0.312 e. The third kappa shape index (κ3) is 4.32. The molecule has 0 unspecified atom stereocenters. The molecule has 0 rings (SSSR count). The summed E-state index contributed by atoms with van der Waals surface area (Å²) in [5.74, 6) is 0. The first-order chi connectivity index (χ1) is 4.70. The maximum Gasteiger partial charge on any atom is 0.312 e. The Labute approximate surface area is 62.6 Å². The minimum absolute atomic E-state index is 0.747. The molecule has 0 fully saturated rings. The first kappa shape index (κ1) is 9.43. The molecular formula is C7H15N2O. The van der Waals surface area contributed by atoms with Gasteiger partial charge in [-0.25, -0.2) is 0 Å². The number of likely N-dealkylation sites (N-methyl/N-ethyl adjacent to an activating group) is 2. The first-order valence-corrected chi connectivity index (χ1v) is 3.48. The van der Waals surface area contributed by atoms with Crippen molar-refractivity contribution in [1.29, 1.82) is 0 Å². The Kier molecular flexibility index (Phi) is 4.94. The minimum Gasteiger partial charge on any atom is -0.333 e. The summed E-state index contributed by atoms with van der Waals surface area (Å²) >= 11 is 0. The third-order valence-corrected chi connectivity index (χ3v) is 1.33. The van der Waals surface area contributed by atoms with Gasteiger partial charge in [-0.05, 0) is 21.0 Å². The molecule has 0 aromatic heterocycles.